The Labute approximate surface area is 449 Å². The van der Waals surface area contributed by atoms with Gasteiger partial charge in [-0.15, -0.1) is 0 Å². The van der Waals surface area contributed by atoms with Crippen molar-refractivity contribution >= 4 is 69.2 Å². The van der Waals surface area contributed by atoms with E-state index in [9.17, 15) is 58.8 Å². The van der Waals surface area contributed by atoms with Crippen LogP contribution in [0.3, 0.4) is 0 Å². The van der Waals surface area contributed by atoms with Crippen LogP contribution in [0.15, 0.2) is 109 Å². The smallest absolute Gasteiger partial charge is 0.326 e. The highest BCUT2D eigenvalue weighted by Gasteiger charge is 2.35. The number of fused-ring (bicyclic) bond motifs is 2. The molecule has 0 saturated heterocycles. The van der Waals surface area contributed by atoms with Gasteiger partial charge in [-0.25, -0.2) is 4.79 Å². The highest BCUT2D eigenvalue weighted by atomic mass is 16.4. The number of rotatable bonds is 29. The number of benzene rings is 4. The van der Waals surface area contributed by atoms with Crippen molar-refractivity contribution in [3.8, 4) is 11.5 Å². The van der Waals surface area contributed by atoms with Crippen LogP contribution in [-0.4, -0.2) is 127 Å². The molecule has 4 aromatic carbocycles. The Morgan fingerprint density at radius 2 is 0.897 bits per heavy atom. The van der Waals surface area contributed by atoms with Gasteiger partial charge in [-0.2, -0.15) is 0 Å². The SMILES string of the molecule is CC(C)C[C@H](NC(=O)[C@H](CCCCN)NC(=O)[C@H](Cc1ccc(O)cc1)NC(=O)[C@@H](N)CC(=O)O)C(=O)N[C@@H](Cc1ccc(O)cc1)C(=O)N[C@@H](Cc1c[nH]c2ccccc12)C(=O)N[C@@H](Cc1c[nH]c2ccccc12)C(=O)O. The molecular weight excluding hydrogens is 1000 g/mol. The Bertz CT molecular complexity index is 3050. The molecule has 0 unspecified atom stereocenters. The molecule has 0 saturated carbocycles. The monoisotopic (exact) mass is 1070 g/mol. The fraction of sp³-hybridized carbons (Fsp3) is 0.357. The quantitative estimate of drug-likeness (QED) is 0.0300. The second kappa shape index (κ2) is 27.9. The molecule has 0 aliphatic rings. The number of carboxylic acids is 2. The molecule has 6 rings (SSSR count). The third-order valence-electron chi connectivity index (χ3n) is 13.1. The Balaban J connectivity index is 1.26. The number of amides is 6. The van der Waals surface area contributed by atoms with Gasteiger partial charge in [0.1, 0.15) is 47.8 Å². The lowest BCUT2D eigenvalue weighted by Crippen LogP contribution is -2.60. The predicted molar refractivity (Wildman–Crippen MR) is 289 cm³/mol. The summed E-state index contributed by atoms with van der Waals surface area (Å²) in [5.74, 6) is -8.09. The van der Waals surface area contributed by atoms with Gasteiger partial charge < -0.3 is 73.8 Å². The van der Waals surface area contributed by atoms with Gasteiger partial charge in [0.15, 0.2) is 0 Å². The first-order valence-electron chi connectivity index (χ1n) is 25.7. The van der Waals surface area contributed by atoms with E-state index in [1.807, 2.05) is 42.5 Å². The zero-order valence-corrected chi connectivity index (χ0v) is 43.3. The Morgan fingerprint density at radius 1 is 0.500 bits per heavy atom. The number of aromatic amines is 2. The van der Waals surface area contributed by atoms with Crippen LogP contribution in [-0.2, 0) is 64.0 Å². The van der Waals surface area contributed by atoms with Crippen LogP contribution in [0.1, 0.15) is 68.2 Å². The van der Waals surface area contributed by atoms with E-state index in [0.717, 1.165) is 21.8 Å². The van der Waals surface area contributed by atoms with Crippen LogP contribution in [0.4, 0.5) is 0 Å². The maximum Gasteiger partial charge on any atom is 0.326 e. The van der Waals surface area contributed by atoms with E-state index in [2.05, 4.69) is 41.9 Å². The number of aromatic hydroxyl groups is 2. The Hall–Kier alpha value is -8.76. The van der Waals surface area contributed by atoms with E-state index in [0.29, 0.717) is 35.1 Å². The second-order valence-electron chi connectivity index (χ2n) is 19.7. The Kier molecular flexibility index (Phi) is 20.9. The lowest BCUT2D eigenvalue weighted by Gasteiger charge is -2.28. The molecule has 0 spiro atoms. The molecule has 0 aliphatic carbocycles. The van der Waals surface area contributed by atoms with Crippen LogP contribution < -0.4 is 43.4 Å². The summed E-state index contributed by atoms with van der Waals surface area (Å²) in [5.41, 5.74) is 15.4. The molecule has 2 aromatic heterocycles. The summed E-state index contributed by atoms with van der Waals surface area (Å²) in [6.45, 7) is 3.85. The molecule has 0 fully saturated rings. The largest absolute Gasteiger partial charge is 0.508 e. The average Bonchev–Trinajstić information content (AvgIpc) is 4.07. The molecular formula is C56H68N10O12. The third-order valence-corrected chi connectivity index (χ3v) is 13.1. The van der Waals surface area contributed by atoms with Crippen molar-refractivity contribution in [2.24, 2.45) is 17.4 Å². The van der Waals surface area contributed by atoms with E-state index in [1.165, 1.54) is 36.4 Å². The molecule has 6 amide bonds. The minimum atomic E-state index is -1.52. The molecule has 414 valence electrons. The normalized spacial score (nSPS) is 14.0. The van der Waals surface area contributed by atoms with Crippen molar-refractivity contribution in [1.29, 1.82) is 0 Å². The lowest BCUT2D eigenvalue weighted by atomic mass is 9.99. The maximum absolute atomic E-state index is 14.8. The highest BCUT2D eigenvalue weighted by Crippen LogP contribution is 2.22. The van der Waals surface area contributed by atoms with Crippen molar-refractivity contribution in [3.63, 3.8) is 0 Å². The van der Waals surface area contributed by atoms with Crippen molar-refractivity contribution in [1.82, 2.24) is 41.9 Å². The van der Waals surface area contributed by atoms with Gasteiger partial charge in [-0.05, 0) is 96.8 Å². The molecule has 7 atom stereocenters. The molecule has 0 aliphatic heterocycles. The van der Waals surface area contributed by atoms with Gasteiger partial charge in [0.2, 0.25) is 35.4 Å². The number of H-pyrrole nitrogens is 2. The number of unbranched alkanes of at least 4 members (excludes halogenated alkanes) is 1. The number of para-hydroxylation sites is 2. The molecule has 6 aromatic rings. The summed E-state index contributed by atoms with van der Waals surface area (Å²) >= 11 is 0. The summed E-state index contributed by atoms with van der Waals surface area (Å²) in [7, 11) is 0. The van der Waals surface area contributed by atoms with Crippen molar-refractivity contribution in [3.05, 3.63) is 132 Å². The third kappa shape index (κ3) is 16.9. The molecule has 22 heteroatoms. The summed E-state index contributed by atoms with van der Waals surface area (Å²) in [5, 5.41) is 57.3. The van der Waals surface area contributed by atoms with Crippen molar-refractivity contribution in [2.45, 2.75) is 114 Å². The van der Waals surface area contributed by atoms with Gasteiger partial charge in [0.05, 0.1) is 12.5 Å². The summed E-state index contributed by atoms with van der Waals surface area (Å²) < 4.78 is 0. The number of nitrogens with one attached hydrogen (secondary N) is 8. The standard InChI is InChI=1S/C56H68N10O12/c1-31(2)23-44(63-51(72)43(13-7-8-22-57)61-53(74)45(24-32-14-18-36(67)19-15-32)62-50(71)40(58)28-49(69)70)52(73)64-46(25-33-16-20-37(68)21-17-33)54(75)65-47(26-34-29-59-41-11-5-3-9-38(34)41)55(76)66-48(56(77)78)27-35-30-60-42-12-6-4-10-39(35)42/h3-6,9-12,14-21,29-31,40,43-48,59-60,67-68H,7-8,13,22-28,57-58H2,1-2H3,(H,61,74)(H,62,71)(H,63,72)(H,64,73)(H,65,75)(H,66,76)(H,69,70)(H,77,78)/t40-,43-,44-,45-,46-,47-,48-/m0/s1. The minimum absolute atomic E-state index is 0.0273. The van der Waals surface area contributed by atoms with Gasteiger partial charge in [-0.1, -0.05) is 74.5 Å². The topological polar surface area (TPSA) is 373 Å². The summed E-state index contributed by atoms with van der Waals surface area (Å²) in [4.78, 5) is 116. The molecule has 16 N–H and O–H groups in total. The van der Waals surface area contributed by atoms with E-state index >= 15 is 0 Å². The fourth-order valence-corrected chi connectivity index (χ4v) is 8.99. The summed E-state index contributed by atoms with van der Waals surface area (Å²) in [6.07, 6.45) is 2.92. The molecule has 22 nitrogen and oxygen atoms in total. The summed E-state index contributed by atoms with van der Waals surface area (Å²) in [6, 6.07) is 16.4. The number of aliphatic carboxylic acids is 2. The van der Waals surface area contributed by atoms with Crippen LogP contribution >= 0.6 is 0 Å². The first-order valence-corrected chi connectivity index (χ1v) is 25.7. The predicted octanol–water partition coefficient (Wildman–Crippen LogP) is 2.30. The van der Waals surface area contributed by atoms with E-state index in [-0.39, 0.29) is 62.5 Å². The van der Waals surface area contributed by atoms with Gasteiger partial charge in [-0.3, -0.25) is 33.6 Å². The first-order chi connectivity index (χ1) is 37.3. The number of carbonyl (C=O) groups excluding carboxylic acids is 6. The number of phenols is 2. The zero-order valence-electron chi connectivity index (χ0n) is 43.3. The number of carbonyl (C=O) groups is 8. The van der Waals surface area contributed by atoms with Crippen LogP contribution in [0.25, 0.3) is 21.8 Å². The van der Waals surface area contributed by atoms with Crippen LogP contribution in [0, 0.1) is 5.92 Å². The number of hydrogen-bond donors (Lipinski definition) is 14. The highest BCUT2D eigenvalue weighted by molar-refractivity contribution is 5.98. The van der Waals surface area contributed by atoms with E-state index in [4.69, 9.17) is 11.5 Å². The maximum atomic E-state index is 14.8. The second-order valence-corrected chi connectivity index (χ2v) is 19.7. The number of nitrogens with two attached hydrogens (primary N) is 2. The molecule has 0 radical (unpaired) electrons. The molecule has 78 heavy (non-hydrogen) atoms. The van der Waals surface area contributed by atoms with Crippen LogP contribution in [0.5, 0.6) is 11.5 Å². The van der Waals surface area contributed by atoms with E-state index < -0.39 is 96.1 Å². The average molecular weight is 1070 g/mol. The lowest BCUT2D eigenvalue weighted by molar-refractivity contribution is -0.142. The fourth-order valence-electron chi connectivity index (χ4n) is 8.99. The van der Waals surface area contributed by atoms with Gasteiger partial charge >= 0.3 is 11.9 Å². The van der Waals surface area contributed by atoms with E-state index in [1.54, 1.807) is 44.4 Å². The number of hydrogen-bond acceptors (Lipinski definition) is 12. The van der Waals surface area contributed by atoms with Gasteiger partial charge in [0, 0.05) is 59.9 Å². The zero-order chi connectivity index (χ0) is 56.5. The van der Waals surface area contributed by atoms with Crippen LogP contribution in [0.2, 0.25) is 0 Å². The number of carboxylic acid groups (broad SMARTS) is 2. The molecule has 2 heterocycles. The minimum Gasteiger partial charge on any atom is -0.508 e. The number of aromatic nitrogens is 2. The van der Waals surface area contributed by atoms with Gasteiger partial charge in [0.25, 0.3) is 0 Å². The van der Waals surface area contributed by atoms with Crippen molar-refractivity contribution < 1.29 is 58.8 Å². The first kappa shape index (κ1) is 58.5. The van der Waals surface area contributed by atoms with Crippen molar-refractivity contribution in [2.75, 3.05) is 6.54 Å². The molecule has 0 bridgehead atoms. The Morgan fingerprint density at radius 3 is 1.36 bits per heavy atom. The number of phenolic OH excluding ortho intramolecular Hbond substituents is 2.